The van der Waals surface area contributed by atoms with Crippen molar-refractivity contribution < 1.29 is 9.05 Å². The van der Waals surface area contributed by atoms with E-state index in [2.05, 4.69) is 52.4 Å². The monoisotopic (exact) mass is 421 g/mol. The molecule has 5 rings (SSSR count). The Labute approximate surface area is 185 Å². The first-order chi connectivity index (χ1) is 15.1. The number of hydrogen-bond donors (Lipinski definition) is 0. The van der Waals surface area contributed by atoms with Crippen molar-refractivity contribution in [3.05, 3.63) is 62.0 Å². The summed E-state index contributed by atoms with van der Waals surface area (Å²) in [4.78, 5) is 4.96. The van der Waals surface area contributed by atoms with Crippen molar-refractivity contribution in [1.29, 1.82) is 0 Å². The molecular formula is C24H35N7+2. The third kappa shape index (κ3) is 4.94. The van der Waals surface area contributed by atoms with Gasteiger partial charge in [-0.2, -0.15) is 0 Å². The van der Waals surface area contributed by atoms with Crippen LogP contribution in [0.15, 0.2) is 72.2 Å². The lowest BCUT2D eigenvalue weighted by Crippen LogP contribution is -2.68. The Morgan fingerprint density at radius 2 is 1.77 bits per heavy atom. The maximum absolute atomic E-state index is 4.51. The highest BCUT2D eigenvalue weighted by Gasteiger charge is 2.38. The maximum Gasteiger partial charge on any atom is 0.422 e. The summed E-state index contributed by atoms with van der Waals surface area (Å²) >= 11 is 0. The van der Waals surface area contributed by atoms with Crippen molar-refractivity contribution in [2.24, 2.45) is 10.2 Å². The van der Waals surface area contributed by atoms with Crippen molar-refractivity contribution in [1.82, 2.24) is 9.47 Å². The molecule has 0 saturated carbocycles. The highest BCUT2D eigenvalue weighted by molar-refractivity contribution is 5.52. The van der Waals surface area contributed by atoms with Gasteiger partial charge in [-0.3, -0.25) is 4.90 Å². The molecule has 3 fully saturated rings. The molecule has 0 unspecified atom stereocenters. The molecular weight excluding hydrogens is 386 g/mol. The van der Waals surface area contributed by atoms with Crippen LogP contribution in [-0.2, 0) is 13.1 Å². The molecule has 1 aromatic heterocycles. The highest BCUT2D eigenvalue weighted by atomic mass is 15.5. The minimum Gasteiger partial charge on any atom is -0.369 e. The van der Waals surface area contributed by atoms with Gasteiger partial charge in [0, 0.05) is 37.5 Å². The van der Waals surface area contributed by atoms with Crippen LogP contribution in [0.25, 0.3) is 0 Å². The quantitative estimate of drug-likeness (QED) is 0.256. The van der Waals surface area contributed by atoms with Crippen LogP contribution in [0.1, 0.15) is 0 Å². The number of hydrogen-bond acceptors (Lipinski definition) is 4. The molecule has 0 N–H and O–H groups in total. The highest BCUT2D eigenvalue weighted by Crippen LogP contribution is 2.23. The predicted molar refractivity (Wildman–Crippen MR) is 125 cm³/mol. The van der Waals surface area contributed by atoms with Gasteiger partial charge in [-0.1, -0.05) is 30.4 Å². The van der Waals surface area contributed by atoms with Crippen LogP contribution in [0.3, 0.4) is 0 Å². The van der Waals surface area contributed by atoms with E-state index in [0.29, 0.717) is 13.1 Å². The van der Waals surface area contributed by atoms with Crippen molar-refractivity contribution in [3.8, 4) is 0 Å². The van der Waals surface area contributed by atoms with E-state index in [9.17, 15) is 0 Å². The van der Waals surface area contributed by atoms with Gasteiger partial charge >= 0.3 is 5.95 Å². The summed E-state index contributed by atoms with van der Waals surface area (Å²) in [5.74, 6) is 0.788. The number of aromatic nitrogens is 2. The molecule has 0 spiro atoms. The van der Waals surface area contributed by atoms with Gasteiger partial charge in [0.1, 0.15) is 5.69 Å². The fourth-order valence-electron chi connectivity index (χ4n) is 4.57. The fraction of sp³-hybridized carbons (Fsp3) is 0.458. The average molecular weight is 422 g/mol. The summed E-state index contributed by atoms with van der Waals surface area (Å²) in [6.07, 6.45) is 7.70. The molecule has 0 aliphatic carbocycles. The lowest BCUT2D eigenvalue weighted by molar-refractivity contribution is -0.939. The second-order valence-corrected chi connectivity index (χ2v) is 8.70. The van der Waals surface area contributed by atoms with E-state index in [4.69, 9.17) is 0 Å². The minimum atomic E-state index is 0.695. The first-order valence-corrected chi connectivity index (χ1v) is 11.2. The van der Waals surface area contributed by atoms with Gasteiger partial charge < -0.3 is 9.38 Å². The summed E-state index contributed by atoms with van der Waals surface area (Å²) < 4.78 is 5.34. The Balaban J connectivity index is 1.38. The number of azo groups is 1. The lowest BCUT2D eigenvalue weighted by atomic mass is 10.1. The van der Waals surface area contributed by atoms with Gasteiger partial charge in [0.05, 0.1) is 58.2 Å². The third-order valence-electron chi connectivity index (χ3n) is 6.72. The fourth-order valence-corrected chi connectivity index (χ4v) is 4.57. The first-order valence-electron chi connectivity index (χ1n) is 11.2. The van der Waals surface area contributed by atoms with Gasteiger partial charge in [0.15, 0.2) is 0 Å². The van der Waals surface area contributed by atoms with Crippen molar-refractivity contribution in [2.45, 2.75) is 13.1 Å². The van der Waals surface area contributed by atoms with Crippen LogP contribution < -0.4 is 9.47 Å². The Morgan fingerprint density at radius 1 is 1.06 bits per heavy atom. The van der Waals surface area contributed by atoms with Gasteiger partial charge in [-0.05, 0) is 24.3 Å². The van der Waals surface area contributed by atoms with Gasteiger partial charge in [-0.25, -0.2) is 9.13 Å². The van der Waals surface area contributed by atoms with Gasteiger partial charge in [-0.15, -0.1) is 0 Å². The van der Waals surface area contributed by atoms with E-state index < -0.39 is 0 Å². The molecule has 0 amide bonds. The van der Waals surface area contributed by atoms with Crippen LogP contribution in [0.5, 0.6) is 0 Å². The molecule has 3 aliphatic heterocycles. The summed E-state index contributed by atoms with van der Waals surface area (Å²) in [7, 11) is 2.19. The molecule has 2 aromatic rings. The zero-order valence-electron chi connectivity index (χ0n) is 18.7. The van der Waals surface area contributed by atoms with E-state index in [1.54, 1.807) is 0 Å². The molecule has 7 nitrogen and oxygen atoms in total. The predicted octanol–water partition coefficient (Wildman–Crippen LogP) is 3.15. The molecule has 31 heavy (non-hydrogen) atoms. The molecule has 1 aromatic carbocycles. The first kappa shape index (κ1) is 21.5. The third-order valence-corrected chi connectivity index (χ3v) is 6.72. The molecule has 0 atom stereocenters. The zero-order chi connectivity index (χ0) is 21.7. The molecule has 7 heteroatoms. The van der Waals surface area contributed by atoms with Crippen molar-refractivity contribution in [3.63, 3.8) is 0 Å². The Morgan fingerprint density at radius 3 is 2.42 bits per heavy atom. The number of imidazole rings is 1. The number of allylic oxidation sites excluding steroid dienone is 2. The Kier molecular flexibility index (Phi) is 6.63. The SMILES string of the molecule is C=CCn1cc[n+](CC=C)c1/N=N/c1ccc(N(C)CC[N+]23CCN(CC2)CC3)cc1. The van der Waals surface area contributed by atoms with Crippen molar-refractivity contribution >= 4 is 17.3 Å². The van der Waals surface area contributed by atoms with Gasteiger partial charge in [0.25, 0.3) is 0 Å². The van der Waals surface area contributed by atoms with Crippen LogP contribution in [-0.4, -0.2) is 73.4 Å². The van der Waals surface area contributed by atoms with E-state index >= 15 is 0 Å². The van der Waals surface area contributed by atoms with E-state index in [-0.39, 0.29) is 0 Å². The number of likely N-dealkylation sites (N-methyl/N-ethyl adjacent to an activating group) is 1. The summed E-state index contributed by atoms with van der Waals surface area (Å²) in [6, 6.07) is 8.37. The number of rotatable bonds is 10. The van der Waals surface area contributed by atoms with E-state index in [1.165, 1.54) is 56.0 Å². The van der Waals surface area contributed by atoms with E-state index in [1.807, 2.05) is 45.8 Å². The molecule has 2 bridgehead atoms. The molecule has 3 saturated heterocycles. The minimum absolute atomic E-state index is 0.695. The largest absolute Gasteiger partial charge is 0.422 e. The lowest BCUT2D eigenvalue weighted by Gasteiger charge is -2.51. The number of benzene rings is 1. The summed E-state index contributed by atoms with van der Waals surface area (Å²) in [5.41, 5.74) is 2.08. The number of anilines is 1. The van der Waals surface area contributed by atoms with Crippen LogP contribution >= 0.6 is 0 Å². The topological polar surface area (TPSA) is 40.0 Å². The Bertz CT molecular complexity index is 879. The molecule has 3 aliphatic rings. The number of piperazine rings is 3. The number of quaternary nitrogens is 1. The van der Waals surface area contributed by atoms with E-state index in [0.717, 1.165) is 18.2 Å². The molecule has 4 heterocycles. The zero-order valence-corrected chi connectivity index (χ0v) is 18.7. The standard InChI is InChI=1S/C24H35N7/c1-4-10-29-12-13-30(11-5-2)24(29)26-25-22-6-8-23(9-7-22)27(3)14-18-31-19-15-28(16-20-31)17-21-31/h4-9,12-13H,1-2,10-11,14-21H2,3H3/q+2. The smallest absolute Gasteiger partial charge is 0.369 e. The second-order valence-electron chi connectivity index (χ2n) is 8.70. The summed E-state index contributed by atoms with van der Waals surface area (Å²) in [6.45, 7) is 19.1. The molecule has 164 valence electrons. The van der Waals surface area contributed by atoms with Crippen LogP contribution in [0.4, 0.5) is 17.3 Å². The summed E-state index contributed by atoms with van der Waals surface area (Å²) in [5, 5.41) is 8.98. The van der Waals surface area contributed by atoms with Crippen LogP contribution in [0.2, 0.25) is 0 Å². The van der Waals surface area contributed by atoms with Crippen molar-refractivity contribution in [2.75, 3.05) is 64.3 Å². The maximum atomic E-state index is 4.51. The molecule has 0 radical (unpaired) electrons. The second kappa shape index (κ2) is 9.58. The van der Waals surface area contributed by atoms with Gasteiger partial charge in [0.2, 0.25) is 0 Å². The number of fused-ring (bicyclic) bond motifs is 3. The average Bonchev–Trinajstić information content (AvgIpc) is 3.19. The number of nitrogens with zero attached hydrogens (tertiary/aromatic N) is 7. The van der Waals surface area contributed by atoms with Crippen LogP contribution in [0, 0.1) is 0 Å². The Hall–Kier alpha value is -2.77. The normalized spacial score (nSPS) is 22.7.